The molecule has 0 bridgehead atoms. The lowest BCUT2D eigenvalue weighted by Gasteiger charge is -2.27. The number of cyclic esters (lactones) is 1. The third kappa shape index (κ3) is 9.31. The number of ketones is 1. The minimum absolute atomic E-state index is 0. The van der Waals surface area contributed by atoms with Gasteiger partial charge in [-0.2, -0.15) is 0 Å². The molecule has 20 heteroatoms. The van der Waals surface area contributed by atoms with Crippen LogP contribution in [0.5, 0.6) is 0 Å². The Balaban J connectivity index is 0.000000227. The molecule has 62 heavy (non-hydrogen) atoms. The minimum Gasteiger partial charge on any atom is -0.433 e. The Morgan fingerprint density at radius 1 is 0.726 bits per heavy atom. The molecule has 3 fully saturated rings. The number of amides is 8. The Labute approximate surface area is 370 Å². The summed E-state index contributed by atoms with van der Waals surface area (Å²) in [4.78, 5) is 117. The van der Waals surface area contributed by atoms with Crippen molar-refractivity contribution in [3.63, 3.8) is 0 Å². The van der Waals surface area contributed by atoms with Gasteiger partial charge in [0.05, 0.1) is 49.7 Å². The van der Waals surface area contributed by atoms with E-state index >= 15 is 0 Å². The van der Waals surface area contributed by atoms with Crippen LogP contribution in [0.4, 0.5) is 32.2 Å². The van der Waals surface area contributed by atoms with E-state index in [1.54, 1.807) is 70.5 Å². The Morgan fingerprint density at radius 3 is 1.74 bits per heavy atom. The lowest BCUT2D eigenvalue weighted by Crippen LogP contribution is -2.42. The molecule has 3 saturated heterocycles. The number of Topliss-reactive ketones (excluding diaryl/α,β-unsaturated/α-hetero) is 1. The number of imide groups is 3. The van der Waals surface area contributed by atoms with Crippen molar-refractivity contribution in [3.05, 3.63) is 108 Å². The van der Waals surface area contributed by atoms with Gasteiger partial charge in [0.25, 0.3) is 41.4 Å². The molecular weight excluding hydrogens is 926 g/mol. The summed E-state index contributed by atoms with van der Waals surface area (Å²) in [7, 11) is 0. The molecule has 0 aromatic heterocycles. The zero-order valence-electron chi connectivity index (χ0n) is 33.1. The molecule has 5 aliphatic rings. The molecule has 324 valence electrons. The summed E-state index contributed by atoms with van der Waals surface area (Å²) < 4.78 is 15.4. The predicted molar refractivity (Wildman–Crippen MR) is 230 cm³/mol. The highest BCUT2D eigenvalue weighted by atomic mass is 127. The van der Waals surface area contributed by atoms with Crippen LogP contribution in [0.2, 0.25) is 0 Å². The van der Waals surface area contributed by atoms with E-state index in [0.29, 0.717) is 48.8 Å². The first kappa shape index (κ1) is 46.4. The quantitative estimate of drug-likeness (QED) is 0.217. The summed E-state index contributed by atoms with van der Waals surface area (Å²) in [6.45, 7) is 6.23. The first-order chi connectivity index (χ1) is 28.9. The maximum absolute atomic E-state index is 12.8. The van der Waals surface area contributed by atoms with Gasteiger partial charge < -0.3 is 29.3 Å². The van der Waals surface area contributed by atoms with Gasteiger partial charge >= 0.3 is 6.09 Å². The van der Waals surface area contributed by atoms with Gasteiger partial charge in [-0.3, -0.25) is 52.9 Å². The van der Waals surface area contributed by atoms with Crippen LogP contribution in [0.3, 0.4) is 0 Å². The Morgan fingerprint density at radius 2 is 1.24 bits per heavy atom. The Bertz CT molecular complexity index is 2340. The number of nitrogens with zero attached hydrogens (tertiary/aromatic N) is 5. The zero-order chi connectivity index (χ0) is 42.7. The molecule has 3 aromatic carbocycles. The summed E-state index contributed by atoms with van der Waals surface area (Å²) in [6.07, 6.45) is -0.929. The van der Waals surface area contributed by atoms with Crippen LogP contribution in [0.15, 0.2) is 96.6 Å². The molecule has 5 aliphatic heterocycles. The minimum atomic E-state index is -1.31. The van der Waals surface area contributed by atoms with Crippen molar-refractivity contribution in [1.29, 1.82) is 0 Å². The molecule has 0 spiro atoms. The topological polar surface area (TPSA) is 210 Å². The van der Waals surface area contributed by atoms with Crippen LogP contribution in [0.25, 0.3) is 0 Å². The molecule has 5 heterocycles. The fourth-order valence-electron chi connectivity index (χ4n) is 7.03. The number of benzene rings is 3. The predicted octanol–water partition coefficient (Wildman–Crippen LogP) is 2.87. The SMILES string of the molecule is C=CC1=C(C)C(=O)N(C[C@@H]2OC(=O)N(c3ccc(N4CCOCC4=O)cc3)C2=O)C1=O.F.I.O=C(CNc1ccc(N2CCOCC2=O)cc1)CN1C(=O)c2ccccc2C1=O. The van der Waals surface area contributed by atoms with Crippen molar-refractivity contribution in [2.45, 2.75) is 13.0 Å². The lowest BCUT2D eigenvalue weighted by atomic mass is 10.1. The second-order valence-corrected chi connectivity index (χ2v) is 13.9. The molecule has 0 unspecified atom stereocenters. The Kier molecular flexibility index (Phi) is 14.8. The first-order valence-corrected chi connectivity index (χ1v) is 18.8. The highest BCUT2D eigenvalue weighted by molar-refractivity contribution is 14.0. The van der Waals surface area contributed by atoms with Gasteiger partial charge in [0.2, 0.25) is 6.10 Å². The van der Waals surface area contributed by atoms with Crippen LogP contribution in [0, 0.1) is 0 Å². The fraction of sp³-hybridized carbons (Fsp3) is 0.262. The number of carbonyl (C=O) groups excluding carboxylic acids is 9. The second kappa shape index (κ2) is 19.8. The van der Waals surface area contributed by atoms with Crippen molar-refractivity contribution in [1.82, 2.24) is 9.80 Å². The van der Waals surface area contributed by atoms with Crippen molar-refractivity contribution in [2.75, 3.05) is 79.2 Å². The zero-order valence-corrected chi connectivity index (χ0v) is 35.4. The van der Waals surface area contributed by atoms with Gasteiger partial charge in [0.1, 0.15) is 13.2 Å². The number of anilines is 4. The third-order valence-electron chi connectivity index (χ3n) is 10.2. The Hall–Kier alpha value is -6.65. The highest BCUT2D eigenvalue weighted by Gasteiger charge is 2.46. The van der Waals surface area contributed by atoms with Crippen molar-refractivity contribution in [3.8, 4) is 0 Å². The number of hydrogen-bond donors (Lipinski definition) is 1. The van der Waals surface area contributed by atoms with Crippen molar-refractivity contribution in [2.24, 2.45) is 0 Å². The van der Waals surface area contributed by atoms with Crippen LogP contribution >= 0.6 is 24.0 Å². The molecule has 18 nitrogen and oxygen atoms in total. The van der Waals surface area contributed by atoms with Gasteiger partial charge in [0, 0.05) is 41.3 Å². The van der Waals surface area contributed by atoms with E-state index in [-0.39, 0.29) is 96.0 Å². The van der Waals surface area contributed by atoms with Crippen LogP contribution in [-0.4, -0.2) is 128 Å². The van der Waals surface area contributed by atoms with E-state index < -0.39 is 41.7 Å². The smallest absolute Gasteiger partial charge is 0.422 e. The molecule has 1 N–H and O–H groups in total. The number of fused-ring (bicyclic) bond motifs is 1. The van der Waals surface area contributed by atoms with Crippen LogP contribution < -0.4 is 20.0 Å². The first-order valence-electron chi connectivity index (χ1n) is 18.8. The maximum atomic E-state index is 12.8. The van der Waals surface area contributed by atoms with E-state index in [9.17, 15) is 43.2 Å². The number of halogens is 2. The lowest BCUT2D eigenvalue weighted by molar-refractivity contribution is -0.140. The number of rotatable bonds is 11. The standard InChI is InChI=1S/C21H19N3O7.C21H19N3O5.FH.HI/c1-3-15-12(2)18(26)23(19(15)27)10-16-20(28)24(21(29)31-16)14-6-4-13(5-7-14)22-8-9-30-11-17(22)25;25-16(12-24-20(27)17-3-1-2-4-18(17)21(24)28)11-22-14-5-7-15(8-6-14)23-9-10-29-13-19(23)26;;/h3-7,16H,1,8-11H2,2H3;1-8,22H,9-13H2;2*1H/t16-;;;/m0.../s1. The summed E-state index contributed by atoms with van der Waals surface area (Å²) in [5.74, 6) is -3.28. The fourth-order valence-corrected chi connectivity index (χ4v) is 7.03. The van der Waals surface area contributed by atoms with Crippen LogP contribution in [-0.2, 0) is 43.0 Å². The molecule has 0 radical (unpaired) electrons. The van der Waals surface area contributed by atoms with E-state index in [1.165, 1.54) is 25.1 Å². The van der Waals surface area contributed by atoms with Crippen molar-refractivity contribution < 1.29 is 62.1 Å². The van der Waals surface area contributed by atoms with E-state index in [2.05, 4.69) is 11.9 Å². The number of morpholine rings is 2. The second-order valence-electron chi connectivity index (χ2n) is 13.9. The average molecular weight is 967 g/mol. The molecule has 0 aliphatic carbocycles. The molecule has 1 atom stereocenters. The van der Waals surface area contributed by atoms with E-state index in [4.69, 9.17) is 14.2 Å². The molecule has 3 aromatic rings. The van der Waals surface area contributed by atoms with E-state index in [0.717, 1.165) is 20.4 Å². The normalized spacial score (nSPS) is 18.6. The maximum Gasteiger partial charge on any atom is 0.422 e. The summed E-state index contributed by atoms with van der Waals surface area (Å²) in [6, 6.07) is 19.9. The van der Waals surface area contributed by atoms with Gasteiger partial charge in [-0.15, -0.1) is 24.0 Å². The van der Waals surface area contributed by atoms with Gasteiger partial charge in [0.15, 0.2) is 5.78 Å². The number of carbonyl (C=O) groups is 9. The summed E-state index contributed by atoms with van der Waals surface area (Å²) in [5.41, 5.74) is 3.36. The van der Waals surface area contributed by atoms with Gasteiger partial charge in [-0.25, -0.2) is 9.69 Å². The molecular formula is C42H40FIN6O12. The third-order valence-corrected chi connectivity index (χ3v) is 10.2. The molecule has 8 rings (SSSR count). The molecule has 8 amide bonds. The number of nitrogens with one attached hydrogen (secondary N) is 1. The van der Waals surface area contributed by atoms with Crippen molar-refractivity contribution >= 4 is 100.0 Å². The highest BCUT2D eigenvalue weighted by Crippen LogP contribution is 2.29. The summed E-state index contributed by atoms with van der Waals surface area (Å²) >= 11 is 0. The monoisotopic (exact) mass is 966 g/mol. The van der Waals surface area contributed by atoms with Gasteiger partial charge in [-0.1, -0.05) is 24.8 Å². The summed E-state index contributed by atoms with van der Waals surface area (Å²) in [5, 5.41) is 2.98. The molecule has 0 saturated carbocycles. The van der Waals surface area contributed by atoms with E-state index in [1.807, 2.05) is 0 Å². The van der Waals surface area contributed by atoms with Crippen LogP contribution in [0.1, 0.15) is 27.6 Å². The van der Waals surface area contributed by atoms with Gasteiger partial charge in [-0.05, 0) is 67.6 Å². The average Bonchev–Trinajstić information content (AvgIpc) is 3.76. The largest absolute Gasteiger partial charge is 0.433 e. The number of hydrogen-bond acceptors (Lipinski definition) is 13. The number of ether oxygens (including phenoxy) is 3.